The van der Waals surface area contributed by atoms with Crippen LogP contribution in [0.3, 0.4) is 0 Å². The number of nitrogens with one attached hydrogen (secondary N) is 3. The second-order valence-corrected chi connectivity index (χ2v) is 5.34. The monoisotopic (exact) mass is 295 g/mol. The highest BCUT2D eigenvalue weighted by Crippen LogP contribution is 2.20. The van der Waals surface area contributed by atoms with Crippen molar-refractivity contribution in [2.24, 2.45) is 0 Å². The Labute approximate surface area is 128 Å². The van der Waals surface area contributed by atoms with Crippen molar-refractivity contribution in [2.45, 2.75) is 19.0 Å². The van der Waals surface area contributed by atoms with Crippen LogP contribution in [-0.2, 0) is 4.79 Å². The zero-order chi connectivity index (χ0) is 15.5. The van der Waals surface area contributed by atoms with Crippen molar-refractivity contribution in [1.29, 1.82) is 0 Å². The zero-order valence-corrected chi connectivity index (χ0v) is 12.2. The van der Waals surface area contributed by atoms with Crippen LogP contribution in [-0.4, -0.2) is 17.9 Å². The number of hydrogen-bond donors (Lipinski definition) is 3. The summed E-state index contributed by atoms with van der Waals surface area (Å²) in [5, 5.41) is 2.80. The molecule has 22 heavy (non-hydrogen) atoms. The maximum absolute atomic E-state index is 12.3. The fourth-order valence-electron chi connectivity index (χ4n) is 2.48. The third kappa shape index (κ3) is 2.84. The van der Waals surface area contributed by atoms with Gasteiger partial charge in [-0.05, 0) is 24.6 Å². The van der Waals surface area contributed by atoms with Crippen LogP contribution in [0.1, 0.15) is 27.5 Å². The molecule has 2 atom stereocenters. The molecule has 1 saturated heterocycles. The summed E-state index contributed by atoms with van der Waals surface area (Å²) in [7, 11) is 0. The molecule has 2 aromatic carbocycles. The van der Waals surface area contributed by atoms with Crippen LogP contribution in [0.4, 0.5) is 0 Å². The van der Waals surface area contributed by atoms with E-state index in [0.717, 1.165) is 11.1 Å². The third-order valence-electron chi connectivity index (χ3n) is 3.73. The number of carbonyl (C=O) groups excluding carboxylic acids is 2. The second kappa shape index (κ2) is 5.99. The quantitative estimate of drug-likeness (QED) is 0.803. The average molecular weight is 295 g/mol. The summed E-state index contributed by atoms with van der Waals surface area (Å²) < 4.78 is 0. The standard InChI is InChI=1S/C17H17N3O2/c1-11-7-9-13(10-8-11)16(21)18-15-14(19-20-17(15)22)12-5-3-2-4-6-12/h2-10,14-15,19H,1H3,(H,18,21)(H,20,22)/t14-,15+/m0/s1. The maximum atomic E-state index is 12.3. The summed E-state index contributed by atoms with van der Waals surface area (Å²) in [5.41, 5.74) is 8.07. The summed E-state index contributed by atoms with van der Waals surface area (Å²) >= 11 is 0. The average Bonchev–Trinajstić information content (AvgIpc) is 2.90. The molecule has 1 fully saturated rings. The summed E-state index contributed by atoms with van der Waals surface area (Å²) in [6.45, 7) is 1.96. The van der Waals surface area contributed by atoms with Gasteiger partial charge in [0.05, 0.1) is 6.04 Å². The van der Waals surface area contributed by atoms with Crippen LogP contribution in [0.5, 0.6) is 0 Å². The molecule has 0 saturated carbocycles. The molecule has 0 unspecified atom stereocenters. The molecule has 0 aliphatic carbocycles. The Morgan fingerprint density at radius 1 is 1.05 bits per heavy atom. The molecule has 112 valence electrons. The number of hydrazine groups is 1. The van der Waals surface area contributed by atoms with Gasteiger partial charge in [-0.3, -0.25) is 15.0 Å². The van der Waals surface area contributed by atoms with E-state index in [9.17, 15) is 9.59 Å². The van der Waals surface area contributed by atoms with Gasteiger partial charge < -0.3 is 5.32 Å². The summed E-state index contributed by atoms with van der Waals surface area (Å²) in [4.78, 5) is 24.3. The molecular formula is C17H17N3O2. The number of amides is 2. The first-order chi connectivity index (χ1) is 10.6. The van der Waals surface area contributed by atoms with Crippen molar-refractivity contribution < 1.29 is 9.59 Å². The molecule has 3 N–H and O–H groups in total. The first-order valence-electron chi connectivity index (χ1n) is 7.13. The Kier molecular flexibility index (Phi) is 3.89. The van der Waals surface area contributed by atoms with Crippen LogP contribution in [0.25, 0.3) is 0 Å². The van der Waals surface area contributed by atoms with Gasteiger partial charge >= 0.3 is 0 Å². The summed E-state index contributed by atoms with van der Waals surface area (Å²) in [6.07, 6.45) is 0. The van der Waals surface area contributed by atoms with Crippen LogP contribution in [0, 0.1) is 6.92 Å². The highest BCUT2D eigenvalue weighted by molar-refractivity contribution is 5.98. The molecule has 2 aromatic rings. The first kappa shape index (κ1) is 14.3. The second-order valence-electron chi connectivity index (χ2n) is 5.34. The Balaban J connectivity index is 1.78. The molecule has 0 radical (unpaired) electrons. The first-order valence-corrected chi connectivity index (χ1v) is 7.13. The molecule has 3 rings (SSSR count). The Hall–Kier alpha value is -2.66. The topological polar surface area (TPSA) is 70.2 Å². The Bertz CT molecular complexity index is 683. The maximum Gasteiger partial charge on any atom is 0.258 e. The number of carbonyl (C=O) groups is 2. The SMILES string of the molecule is Cc1ccc(C(=O)N[C@H]2C(=O)NN[C@H]2c2ccccc2)cc1. The smallest absolute Gasteiger partial charge is 0.258 e. The number of benzene rings is 2. The molecular weight excluding hydrogens is 278 g/mol. The molecule has 0 aromatic heterocycles. The van der Waals surface area contributed by atoms with E-state index in [1.807, 2.05) is 49.4 Å². The number of hydrogen-bond acceptors (Lipinski definition) is 3. The lowest BCUT2D eigenvalue weighted by Crippen LogP contribution is -2.42. The van der Waals surface area contributed by atoms with Gasteiger partial charge in [0.1, 0.15) is 6.04 Å². The van der Waals surface area contributed by atoms with Gasteiger partial charge in [-0.2, -0.15) is 0 Å². The number of rotatable bonds is 3. The van der Waals surface area contributed by atoms with Crippen LogP contribution < -0.4 is 16.2 Å². The van der Waals surface area contributed by atoms with Crippen molar-refractivity contribution in [3.05, 3.63) is 71.3 Å². The van der Waals surface area contributed by atoms with Crippen LogP contribution in [0.15, 0.2) is 54.6 Å². The molecule has 1 aliphatic heterocycles. The van der Waals surface area contributed by atoms with E-state index in [1.54, 1.807) is 12.1 Å². The number of aryl methyl sites for hydroxylation is 1. The van der Waals surface area contributed by atoms with Crippen molar-refractivity contribution in [3.63, 3.8) is 0 Å². The lowest BCUT2D eigenvalue weighted by atomic mass is 10.0. The largest absolute Gasteiger partial charge is 0.338 e. The molecule has 5 heteroatoms. The van der Waals surface area contributed by atoms with E-state index < -0.39 is 6.04 Å². The Morgan fingerprint density at radius 2 is 1.73 bits per heavy atom. The highest BCUT2D eigenvalue weighted by Gasteiger charge is 2.36. The van der Waals surface area contributed by atoms with E-state index in [0.29, 0.717) is 5.56 Å². The van der Waals surface area contributed by atoms with E-state index in [1.165, 1.54) is 0 Å². The molecule has 1 heterocycles. The minimum atomic E-state index is -0.642. The van der Waals surface area contributed by atoms with Gasteiger partial charge in [0.25, 0.3) is 11.8 Å². The minimum absolute atomic E-state index is 0.241. The summed E-state index contributed by atoms with van der Waals surface area (Å²) in [5.74, 6) is -0.501. The molecule has 0 bridgehead atoms. The highest BCUT2D eigenvalue weighted by atomic mass is 16.2. The fourth-order valence-corrected chi connectivity index (χ4v) is 2.48. The minimum Gasteiger partial charge on any atom is -0.338 e. The zero-order valence-electron chi connectivity index (χ0n) is 12.2. The van der Waals surface area contributed by atoms with Crippen LogP contribution in [0.2, 0.25) is 0 Å². The van der Waals surface area contributed by atoms with Crippen molar-refractivity contribution in [2.75, 3.05) is 0 Å². The van der Waals surface area contributed by atoms with Gasteiger partial charge in [0.2, 0.25) is 0 Å². The van der Waals surface area contributed by atoms with Gasteiger partial charge in [0, 0.05) is 5.56 Å². The van der Waals surface area contributed by atoms with E-state index in [-0.39, 0.29) is 17.9 Å². The van der Waals surface area contributed by atoms with Crippen molar-refractivity contribution in [3.8, 4) is 0 Å². The lowest BCUT2D eigenvalue weighted by molar-refractivity contribution is -0.121. The third-order valence-corrected chi connectivity index (χ3v) is 3.73. The fraction of sp³-hybridized carbons (Fsp3) is 0.176. The van der Waals surface area contributed by atoms with E-state index >= 15 is 0 Å². The molecule has 0 spiro atoms. The van der Waals surface area contributed by atoms with Crippen LogP contribution >= 0.6 is 0 Å². The molecule has 1 aliphatic rings. The van der Waals surface area contributed by atoms with Gasteiger partial charge in [-0.25, -0.2) is 5.43 Å². The van der Waals surface area contributed by atoms with E-state index in [4.69, 9.17) is 0 Å². The van der Waals surface area contributed by atoms with Gasteiger partial charge in [-0.1, -0.05) is 48.0 Å². The van der Waals surface area contributed by atoms with Crippen molar-refractivity contribution in [1.82, 2.24) is 16.2 Å². The molecule has 2 amide bonds. The Morgan fingerprint density at radius 3 is 2.41 bits per heavy atom. The summed E-state index contributed by atoms with van der Waals surface area (Å²) in [6, 6.07) is 15.9. The normalized spacial score (nSPS) is 20.5. The van der Waals surface area contributed by atoms with Crippen molar-refractivity contribution >= 4 is 11.8 Å². The van der Waals surface area contributed by atoms with E-state index in [2.05, 4.69) is 16.2 Å². The van der Waals surface area contributed by atoms with Gasteiger partial charge in [-0.15, -0.1) is 0 Å². The predicted molar refractivity (Wildman–Crippen MR) is 82.9 cm³/mol. The lowest BCUT2D eigenvalue weighted by Gasteiger charge is -2.18. The molecule has 5 nitrogen and oxygen atoms in total. The predicted octanol–water partition coefficient (Wildman–Crippen LogP) is 1.47. The van der Waals surface area contributed by atoms with Gasteiger partial charge in [0.15, 0.2) is 0 Å².